The summed E-state index contributed by atoms with van der Waals surface area (Å²) in [4.78, 5) is 26.5. The van der Waals surface area contributed by atoms with Crippen LogP contribution in [0.3, 0.4) is 0 Å². The number of ether oxygens (including phenoxy) is 2. The summed E-state index contributed by atoms with van der Waals surface area (Å²) in [6, 6.07) is 15.1. The second-order valence-electron chi connectivity index (χ2n) is 6.54. The van der Waals surface area contributed by atoms with Crippen molar-refractivity contribution in [3.05, 3.63) is 65.2 Å². The summed E-state index contributed by atoms with van der Waals surface area (Å²) in [5.74, 6) is 0.338. The molecule has 3 rings (SSSR count). The molecule has 1 aliphatic rings. The lowest BCUT2D eigenvalue weighted by molar-refractivity contribution is -0.148. The Labute approximate surface area is 159 Å². The van der Waals surface area contributed by atoms with Crippen molar-refractivity contribution in [3.8, 4) is 5.75 Å². The monoisotopic (exact) mass is 368 g/mol. The van der Waals surface area contributed by atoms with E-state index in [1.807, 2.05) is 53.4 Å². The zero-order valence-electron chi connectivity index (χ0n) is 15.6. The Morgan fingerprint density at radius 1 is 1.07 bits per heavy atom. The van der Waals surface area contributed by atoms with Crippen LogP contribution in [0.4, 0.5) is 0 Å². The molecule has 0 saturated heterocycles. The molecule has 0 bridgehead atoms. The van der Waals surface area contributed by atoms with Gasteiger partial charge < -0.3 is 14.8 Å². The number of benzene rings is 2. The van der Waals surface area contributed by atoms with Crippen LogP contribution in [0.5, 0.6) is 5.75 Å². The second kappa shape index (κ2) is 8.68. The van der Waals surface area contributed by atoms with Gasteiger partial charge in [-0.25, -0.2) is 0 Å². The Morgan fingerprint density at radius 3 is 2.44 bits per heavy atom. The minimum absolute atomic E-state index is 0.126. The van der Waals surface area contributed by atoms with Gasteiger partial charge in [-0.3, -0.25) is 14.5 Å². The van der Waals surface area contributed by atoms with Gasteiger partial charge in [-0.15, -0.1) is 0 Å². The van der Waals surface area contributed by atoms with E-state index in [2.05, 4.69) is 5.32 Å². The molecule has 27 heavy (non-hydrogen) atoms. The molecule has 2 aromatic rings. The molecule has 0 spiro atoms. The summed E-state index contributed by atoms with van der Waals surface area (Å²) in [5.41, 5.74) is 3.25. The number of carbonyl (C=O) groups excluding carboxylic acids is 2. The van der Waals surface area contributed by atoms with Gasteiger partial charge in [0.1, 0.15) is 11.8 Å². The molecule has 0 unspecified atom stereocenters. The Hall–Kier alpha value is -2.86. The number of carbonyl (C=O) groups is 2. The number of esters is 1. The molecular formula is C21H24N2O4. The molecule has 0 aliphatic carbocycles. The van der Waals surface area contributed by atoms with Crippen LogP contribution in [0.15, 0.2) is 48.5 Å². The van der Waals surface area contributed by atoms with E-state index >= 15 is 0 Å². The Balaban J connectivity index is 1.62. The van der Waals surface area contributed by atoms with Crippen molar-refractivity contribution in [3.63, 3.8) is 0 Å². The number of nitrogens with one attached hydrogen (secondary N) is 1. The Morgan fingerprint density at radius 2 is 1.78 bits per heavy atom. The fourth-order valence-corrected chi connectivity index (χ4v) is 3.30. The number of hydrogen-bond donors (Lipinski definition) is 1. The van der Waals surface area contributed by atoms with Crippen LogP contribution < -0.4 is 10.1 Å². The van der Waals surface area contributed by atoms with E-state index in [1.165, 1.54) is 7.11 Å². The van der Waals surface area contributed by atoms with Gasteiger partial charge in [0.05, 0.1) is 20.8 Å². The largest absolute Gasteiger partial charge is 0.497 e. The SMILES string of the molecule is COC(=O)[C@H]1Cc2ccccc2CN1CC(=O)NCc1ccc(OC)cc1. The molecule has 142 valence electrons. The maximum absolute atomic E-state index is 12.4. The van der Waals surface area contributed by atoms with Crippen molar-refractivity contribution < 1.29 is 19.1 Å². The predicted molar refractivity (Wildman–Crippen MR) is 101 cm³/mol. The minimum atomic E-state index is -0.448. The molecule has 1 atom stereocenters. The fraction of sp³-hybridized carbons (Fsp3) is 0.333. The lowest BCUT2D eigenvalue weighted by atomic mass is 9.94. The molecule has 0 saturated carbocycles. The third-order valence-electron chi connectivity index (χ3n) is 4.81. The average Bonchev–Trinajstić information content (AvgIpc) is 2.71. The number of hydrogen-bond acceptors (Lipinski definition) is 5. The highest BCUT2D eigenvalue weighted by atomic mass is 16.5. The summed E-state index contributed by atoms with van der Waals surface area (Å²) in [7, 11) is 3.00. The van der Waals surface area contributed by atoms with E-state index in [4.69, 9.17) is 9.47 Å². The molecule has 2 aromatic carbocycles. The van der Waals surface area contributed by atoms with E-state index < -0.39 is 6.04 Å². The van der Waals surface area contributed by atoms with Gasteiger partial charge in [-0.05, 0) is 35.2 Å². The van der Waals surface area contributed by atoms with Crippen LogP contribution in [0.1, 0.15) is 16.7 Å². The first kappa shape index (κ1) is 18.9. The van der Waals surface area contributed by atoms with E-state index in [9.17, 15) is 9.59 Å². The molecule has 6 nitrogen and oxygen atoms in total. The van der Waals surface area contributed by atoms with Gasteiger partial charge in [0.15, 0.2) is 0 Å². The molecule has 0 fully saturated rings. The fourth-order valence-electron chi connectivity index (χ4n) is 3.30. The molecule has 0 radical (unpaired) electrons. The third-order valence-corrected chi connectivity index (χ3v) is 4.81. The lowest BCUT2D eigenvalue weighted by Gasteiger charge is -2.34. The Kier molecular flexibility index (Phi) is 6.08. The van der Waals surface area contributed by atoms with E-state index in [-0.39, 0.29) is 18.4 Å². The summed E-state index contributed by atoms with van der Waals surface area (Å²) in [5, 5.41) is 2.91. The van der Waals surface area contributed by atoms with Crippen molar-refractivity contribution in [2.75, 3.05) is 20.8 Å². The van der Waals surface area contributed by atoms with Gasteiger partial charge in [0.25, 0.3) is 0 Å². The maximum atomic E-state index is 12.4. The van der Waals surface area contributed by atoms with E-state index in [0.717, 1.165) is 22.4 Å². The molecule has 6 heteroatoms. The van der Waals surface area contributed by atoms with Crippen molar-refractivity contribution in [1.82, 2.24) is 10.2 Å². The van der Waals surface area contributed by atoms with E-state index in [1.54, 1.807) is 7.11 Å². The summed E-state index contributed by atoms with van der Waals surface area (Å²) in [6.45, 7) is 1.12. The lowest BCUT2D eigenvalue weighted by Crippen LogP contribution is -2.49. The second-order valence-corrected chi connectivity index (χ2v) is 6.54. The summed E-state index contributed by atoms with van der Waals surface area (Å²) in [6.07, 6.45) is 0.550. The molecule has 1 aliphatic heterocycles. The van der Waals surface area contributed by atoms with Crippen molar-refractivity contribution >= 4 is 11.9 Å². The predicted octanol–water partition coefficient (Wildman–Crippen LogP) is 1.91. The third kappa shape index (κ3) is 4.65. The summed E-state index contributed by atoms with van der Waals surface area (Å²) < 4.78 is 10.1. The smallest absolute Gasteiger partial charge is 0.323 e. The van der Waals surface area contributed by atoms with Crippen LogP contribution in [-0.4, -0.2) is 43.6 Å². The van der Waals surface area contributed by atoms with Crippen LogP contribution in [0.25, 0.3) is 0 Å². The highest BCUT2D eigenvalue weighted by Gasteiger charge is 2.33. The molecule has 1 amide bonds. The van der Waals surface area contributed by atoms with Crippen molar-refractivity contribution in [1.29, 1.82) is 0 Å². The zero-order chi connectivity index (χ0) is 19.2. The normalized spacial score (nSPS) is 16.3. The average molecular weight is 368 g/mol. The van der Waals surface area contributed by atoms with Gasteiger partial charge in [0.2, 0.25) is 5.91 Å². The first-order chi connectivity index (χ1) is 13.1. The molecular weight excluding hydrogens is 344 g/mol. The van der Waals surface area contributed by atoms with Gasteiger partial charge in [-0.1, -0.05) is 36.4 Å². The molecule has 1 heterocycles. The van der Waals surface area contributed by atoms with Crippen LogP contribution in [0.2, 0.25) is 0 Å². The topological polar surface area (TPSA) is 67.9 Å². The zero-order valence-corrected chi connectivity index (χ0v) is 15.6. The van der Waals surface area contributed by atoms with Gasteiger partial charge in [-0.2, -0.15) is 0 Å². The number of fused-ring (bicyclic) bond motifs is 1. The Bertz CT molecular complexity index is 804. The van der Waals surface area contributed by atoms with Crippen LogP contribution in [-0.2, 0) is 33.8 Å². The van der Waals surface area contributed by atoms with Gasteiger partial charge in [0, 0.05) is 13.1 Å². The van der Waals surface area contributed by atoms with Crippen molar-refractivity contribution in [2.45, 2.75) is 25.6 Å². The standard InChI is InChI=1S/C21H24N2O4/c1-26-18-9-7-15(8-10-18)12-22-20(24)14-23-13-17-6-4-3-5-16(17)11-19(23)21(25)27-2/h3-10,19H,11-14H2,1-2H3,(H,22,24)/t19-/m1/s1. The first-order valence-electron chi connectivity index (χ1n) is 8.89. The quantitative estimate of drug-likeness (QED) is 0.789. The van der Waals surface area contributed by atoms with Crippen LogP contribution >= 0.6 is 0 Å². The van der Waals surface area contributed by atoms with Crippen molar-refractivity contribution in [2.24, 2.45) is 0 Å². The number of nitrogens with zero attached hydrogens (tertiary/aromatic N) is 1. The van der Waals surface area contributed by atoms with E-state index in [0.29, 0.717) is 19.5 Å². The highest BCUT2D eigenvalue weighted by molar-refractivity contribution is 5.81. The molecule has 1 N–H and O–H groups in total. The highest BCUT2D eigenvalue weighted by Crippen LogP contribution is 2.23. The van der Waals surface area contributed by atoms with Gasteiger partial charge >= 0.3 is 5.97 Å². The number of rotatable bonds is 6. The summed E-state index contributed by atoms with van der Waals surface area (Å²) >= 11 is 0. The number of methoxy groups -OCH3 is 2. The minimum Gasteiger partial charge on any atom is -0.497 e. The van der Waals surface area contributed by atoms with Crippen LogP contribution in [0, 0.1) is 0 Å². The maximum Gasteiger partial charge on any atom is 0.323 e. The number of amides is 1. The molecule has 0 aromatic heterocycles. The first-order valence-corrected chi connectivity index (χ1v) is 8.89.